The van der Waals surface area contributed by atoms with E-state index >= 15 is 0 Å². The largest absolute Gasteiger partial charge is 0.507 e. The molecule has 1 rings (SSSR count). The van der Waals surface area contributed by atoms with Crippen LogP contribution in [0.3, 0.4) is 0 Å². The highest BCUT2D eigenvalue weighted by atomic mass is 19.1. The van der Waals surface area contributed by atoms with Crippen LogP contribution in [0.4, 0.5) is 4.39 Å². The first-order chi connectivity index (χ1) is 6.93. The molecule has 0 radical (unpaired) electrons. The Morgan fingerprint density at radius 3 is 2.47 bits per heavy atom. The van der Waals surface area contributed by atoms with Crippen molar-refractivity contribution in [2.75, 3.05) is 0 Å². The Bertz CT molecular complexity index is 356. The second-order valence-corrected chi connectivity index (χ2v) is 4.57. The van der Waals surface area contributed by atoms with E-state index in [2.05, 4.69) is 13.8 Å². The van der Waals surface area contributed by atoms with Crippen LogP contribution >= 0.6 is 0 Å². The maximum Gasteiger partial charge on any atom is 0.132 e. The van der Waals surface area contributed by atoms with Gasteiger partial charge in [-0.05, 0) is 49.8 Å². The zero-order valence-corrected chi connectivity index (χ0v) is 9.89. The number of phenols is 1. The van der Waals surface area contributed by atoms with Gasteiger partial charge in [0.2, 0.25) is 0 Å². The number of aryl methyl sites for hydroxylation is 2. The van der Waals surface area contributed by atoms with Gasteiger partial charge >= 0.3 is 0 Å². The first-order valence-corrected chi connectivity index (χ1v) is 5.41. The normalized spacial score (nSPS) is 11.1. The lowest BCUT2D eigenvalue weighted by molar-refractivity contribution is 0.450. The Hall–Kier alpha value is -1.05. The van der Waals surface area contributed by atoms with Crippen molar-refractivity contribution in [3.8, 4) is 5.75 Å². The molecule has 0 unspecified atom stereocenters. The molecule has 0 atom stereocenters. The monoisotopic (exact) mass is 210 g/mol. The summed E-state index contributed by atoms with van der Waals surface area (Å²) < 4.78 is 13.4. The average Bonchev–Trinajstić information content (AvgIpc) is 2.18. The van der Waals surface area contributed by atoms with Crippen LogP contribution in [0.15, 0.2) is 6.07 Å². The molecular weight excluding hydrogens is 191 g/mol. The molecule has 0 bridgehead atoms. The molecule has 1 aromatic rings. The van der Waals surface area contributed by atoms with Crippen LogP contribution in [-0.2, 0) is 6.42 Å². The van der Waals surface area contributed by atoms with Crippen LogP contribution in [0.1, 0.15) is 37.0 Å². The molecule has 0 aliphatic rings. The highest BCUT2D eigenvalue weighted by Crippen LogP contribution is 2.28. The number of hydrogen-bond acceptors (Lipinski definition) is 1. The minimum Gasteiger partial charge on any atom is -0.507 e. The van der Waals surface area contributed by atoms with Crippen LogP contribution < -0.4 is 0 Å². The Morgan fingerprint density at radius 2 is 1.93 bits per heavy atom. The maximum atomic E-state index is 13.4. The summed E-state index contributed by atoms with van der Waals surface area (Å²) in [6, 6.07) is 1.75. The standard InChI is InChI=1S/C13H19FO/c1-8(2)5-6-11-7-9(3)12(14)10(4)13(11)15/h7-8,15H,5-6H2,1-4H3. The smallest absolute Gasteiger partial charge is 0.132 e. The molecule has 0 saturated carbocycles. The molecule has 84 valence electrons. The third kappa shape index (κ3) is 2.71. The highest BCUT2D eigenvalue weighted by molar-refractivity contribution is 5.43. The minimum absolute atomic E-state index is 0.124. The van der Waals surface area contributed by atoms with E-state index in [0.29, 0.717) is 17.0 Å². The third-order valence-corrected chi connectivity index (χ3v) is 2.72. The van der Waals surface area contributed by atoms with E-state index in [-0.39, 0.29) is 11.6 Å². The summed E-state index contributed by atoms with van der Waals surface area (Å²) in [4.78, 5) is 0. The Balaban J connectivity index is 2.99. The molecular formula is C13H19FO. The van der Waals surface area contributed by atoms with Gasteiger partial charge < -0.3 is 5.11 Å². The van der Waals surface area contributed by atoms with Gasteiger partial charge in [0, 0.05) is 5.56 Å². The molecule has 0 saturated heterocycles. The zero-order valence-electron chi connectivity index (χ0n) is 9.89. The average molecular weight is 210 g/mol. The van der Waals surface area contributed by atoms with E-state index in [1.807, 2.05) is 0 Å². The molecule has 0 aromatic heterocycles. The zero-order chi connectivity index (χ0) is 11.6. The van der Waals surface area contributed by atoms with Gasteiger partial charge in [0.05, 0.1) is 0 Å². The number of halogens is 1. The minimum atomic E-state index is -0.291. The van der Waals surface area contributed by atoms with Crippen molar-refractivity contribution >= 4 is 0 Å². The van der Waals surface area contributed by atoms with Crippen molar-refractivity contribution in [1.29, 1.82) is 0 Å². The summed E-state index contributed by atoms with van der Waals surface area (Å²) in [5, 5.41) is 9.78. The van der Waals surface area contributed by atoms with Gasteiger partial charge in [-0.1, -0.05) is 13.8 Å². The van der Waals surface area contributed by atoms with E-state index in [9.17, 15) is 9.50 Å². The summed E-state index contributed by atoms with van der Waals surface area (Å²) in [5.41, 5.74) is 1.85. The fourth-order valence-electron chi connectivity index (χ4n) is 1.67. The number of aromatic hydroxyl groups is 1. The number of benzene rings is 1. The van der Waals surface area contributed by atoms with Gasteiger partial charge in [-0.15, -0.1) is 0 Å². The molecule has 15 heavy (non-hydrogen) atoms. The lowest BCUT2D eigenvalue weighted by Crippen LogP contribution is -1.97. The first-order valence-electron chi connectivity index (χ1n) is 5.41. The lowest BCUT2D eigenvalue weighted by atomic mass is 9.98. The molecule has 1 N–H and O–H groups in total. The van der Waals surface area contributed by atoms with E-state index in [0.717, 1.165) is 18.4 Å². The Morgan fingerprint density at radius 1 is 1.33 bits per heavy atom. The van der Waals surface area contributed by atoms with Gasteiger partial charge in [-0.3, -0.25) is 0 Å². The summed E-state index contributed by atoms with van der Waals surface area (Å²) in [7, 11) is 0. The first kappa shape index (κ1) is 12.0. The highest BCUT2D eigenvalue weighted by Gasteiger charge is 2.12. The quantitative estimate of drug-likeness (QED) is 0.805. The molecule has 1 nitrogen and oxygen atoms in total. The van der Waals surface area contributed by atoms with Gasteiger partial charge in [0.25, 0.3) is 0 Å². The number of hydrogen-bond donors (Lipinski definition) is 1. The molecule has 0 spiro atoms. The van der Waals surface area contributed by atoms with Crippen molar-refractivity contribution in [1.82, 2.24) is 0 Å². The van der Waals surface area contributed by atoms with Crippen molar-refractivity contribution < 1.29 is 9.50 Å². The van der Waals surface area contributed by atoms with Crippen LogP contribution in [0.5, 0.6) is 5.75 Å². The lowest BCUT2D eigenvalue weighted by Gasteiger charge is -2.11. The third-order valence-electron chi connectivity index (χ3n) is 2.72. The van der Waals surface area contributed by atoms with Crippen LogP contribution in [0.25, 0.3) is 0 Å². The summed E-state index contributed by atoms with van der Waals surface area (Å²) in [5.74, 6) is 0.426. The molecule has 0 heterocycles. The molecule has 0 aliphatic heterocycles. The van der Waals surface area contributed by atoms with Crippen molar-refractivity contribution in [3.05, 3.63) is 28.6 Å². The molecule has 2 heteroatoms. The second kappa shape index (κ2) is 4.65. The van der Waals surface area contributed by atoms with E-state index < -0.39 is 0 Å². The van der Waals surface area contributed by atoms with Crippen LogP contribution in [-0.4, -0.2) is 5.11 Å². The maximum absolute atomic E-state index is 13.4. The SMILES string of the molecule is Cc1cc(CCC(C)C)c(O)c(C)c1F. The van der Waals surface area contributed by atoms with E-state index in [4.69, 9.17) is 0 Å². The van der Waals surface area contributed by atoms with Gasteiger partial charge in [-0.25, -0.2) is 4.39 Å². The van der Waals surface area contributed by atoms with Gasteiger partial charge in [0.1, 0.15) is 11.6 Å². The molecule has 1 aromatic carbocycles. The number of rotatable bonds is 3. The molecule has 0 fully saturated rings. The predicted molar refractivity (Wildman–Crippen MR) is 60.7 cm³/mol. The fraction of sp³-hybridized carbons (Fsp3) is 0.538. The van der Waals surface area contributed by atoms with E-state index in [1.54, 1.807) is 19.9 Å². The van der Waals surface area contributed by atoms with Crippen molar-refractivity contribution in [3.63, 3.8) is 0 Å². The summed E-state index contributed by atoms with van der Waals surface area (Å²) >= 11 is 0. The number of phenolic OH excluding ortho intramolecular Hbond substituents is 1. The predicted octanol–water partition coefficient (Wildman–Crippen LogP) is 3.74. The molecule has 0 aliphatic carbocycles. The topological polar surface area (TPSA) is 20.2 Å². The Kier molecular flexibility index (Phi) is 3.72. The summed E-state index contributed by atoms with van der Waals surface area (Å²) in [6.45, 7) is 7.64. The van der Waals surface area contributed by atoms with Crippen molar-refractivity contribution in [2.24, 2.45) is 5.92 Å². The van der Waals surface area contributed by atoms with E-state index in [1.165, 1.54) is 0 Å². The van der Waals surface area contributed by atoms with Gasteiger partial charge in [-0.2, -0.15) is 0 Å². The summed E-state index contributed by atoms with van der Waals surface area (Å²) in [6.07, 6.45) is 1.82. The fourth-order valence-corrected chi connectivity index (χ4v) is 1.67. The van der Waals surface area contributed by atoms with Crippen molar-refractivity contribution in [2.45, 2.75) is 40.5 Å². The van der Waals surface area contributed by atoms with Crippen LogP contribution in [0, 0.1) is 25.6 Å². The van der Waals surface area contributed by atoms with Crippen LogP contribution in [0.2, 0.25) is 0 Å². The second-order valence-electron chi connectivity index (χ2n) is 4.57. The Labute approximate surface area is 90.9 Å². The van der Waals surface area contributed by atoms with Gasteiger partial charge in [0.15, 0.2) is 0 Å². The molecule has 0 amide bonds.